The Kier molecular flexibility index (Phi) is 6.30. The molecule has 5 heteroatoms. The van der Waals surface area contributed by atoms with Crippen LogP contribution in [0.5, 0.6) is 5.75 Å². The van der Waals surface area contributed by atoms with Crippen molar-refractivity contribution in [2.75, 3.05) is 20.2 Å². The number of hydrogen-bond donors (Lipinski definition) is 1. The maximum atomic E-state index is 13.2. The zero-order valence-electron chi connectivity index (χ0n) is 18.5. The van der Waals surface area contributed by atoms with Crippen LogP contribution in [0.15, 0.2) is 54.6 Å². The molecule has 2 fully saturated rings. The van der Waals surface area contributed by atoms with Crippen LogP contribution in [0.2, 0.25) is 0 Å². The molecular weight excluding hydrogens is 388 g/mol. The van der Waals surface area contributed by atoms with Crippen molar-refractivity contribution >= 4 is 11.8 Å². The normalized spacial score (nSPS) is 18.8. The highest BCUT2D eigenvalue weighted by Crippen LogP contribution is 2.51. The summed E-state index contributed by atoms with van der Waals surface area (Å²) in [5.74, 6) is 0.985. The molecule has 164 valence electrons. The molecule has 1 saturated heterocycles. The van der Waals surface area contributed by atoms with E-state index in [0.29, 0.717) is 13.1 Å². The summed E-state index contributed by atoms with van der Waals surface area (Å²) in [6.07, 6.45) is 4.09. The van der Waals surface area contributed by atoms with Crippen molar-refractivity contribution in [1.29, 1.82) is 0 Å². The molecule has 2 aliphatic rings. The molecule has 1 aliphatic heterocycles. The molecule has 4 rings (SSSR count). The summed E-state index contributed by atoms with van der Waals surface area (Å²) >= 11 is 0. The third-order valence-corrected chi connectivity index (χ3v) is 6.86. The van der Waals surface area contributed by atoms with E-state index in [-0.39, 0.29) is 23.8 Å². The Morgan fingerprint density at radius 1 is 1.06 bits per heavy atom. The monoisotopic (exact) mass is 420 g/mol. The zero-order chi connectivity index (χ0) is 21.8. The predicted octanol–water partition coefficient (Wildman–Crippen LogP) is 4.03. The first kappa shape index (κ1) is 21.4. The molecule has 1 aliphatic carbocycles. The molecule has 2 aromatic carbocycles. The van der Waals surface area contributed by atoms with Crippen molar-refractivity contribution in [2.45, 2.75) is 56.4 Å². The van der Waals surface area contributed by atoms with Gasteiger partial charge in [0.1, 0.15) is 5.75 Å². The van der Waals surface area contributed by atoms with E-state index in [4.69, 9.17) is 4.74 Å². The Balaban J connectivity index is 1.35. The van der Waals surface area contributed by atoms with Crippen LogP contribution in [0.1, 0.15) is 56.1 Å². The maximum Gasteiger partial charge on any atom is 0.231 e. The van der Waals surface area contributed by atoms with E-state index in [0.717, 1.165) is 49.0 Å². The molecule has 0 spiro atoms. The number of ether oxygens (including phenoxy) is 1. The van der Waals surface area contributed by atoms with Crippen molar-refractivity contribution in [3.63, 3.8) is 0 Å². The molecule has 0 bridgehead atoms. The largest absolute Gasteiger partial charge is 0.496 e. The molecule has 1 heterocycles. The van der Waals surface area contributed by atoms with Gasteiger partial charge in [0.15, 0.2) is 0 Å². The van der Waals surface area contributed by atoms with Gasteiger partial charge in [0, 0.05) is 24.7 Å². The lowest BCUT2D eigenvalue weighted by atomic mass is 9.92. The standard InChI is InChI=1S/C26H32N2O3/c1-3-21(19-9-5-4-6-10-19)24(29)28-17-13-20(14-18-28)27-25(30)26(15-16-26)22-11-7-8-12-23(22)31-2/h4-12,20-21H,3,13-18H2,1-2H3,(H,27,30). The highest BCUT2D eigenvalue weighted by atomic mass is 16.5. The molecule has 5 nitrogen and oxygen atoms in total. The number of rotatable bonds is 7. The minimum atomic E-state index is -0.458. The first-order chi connectivity index (χ1) is 15.1. The van der Waals surface area contributed by atoms with E-state index in [2.05, 4.69) is 12.2 Å². The molecule has 1 unspecified atom stereocenters. The van der Waals surface area contributed by atoms with Gasteiger partial charge in [-0.15, -0.1) is 0 Å². The third-order valence-electron chi connectivity index (χ3n) is 6.86. The van der Waals surface area contributed by atoms with Crippen LogP contribution in [-0.2, 0) is 15.0 Å². The SMILES string of the molecule is CCC(C(=O)N1CCC(NC(=O)C2(c3ccccc3OC)CC2)CC1)c1ccccc1. The van der Waals surface area contributed by atoms with Crippen molar-refractivity contribution in [2.24, 2.45) is 0 Å². The van der Waals surface area contributed by atoms with Crippen LogP contribution in [0.25, 0.3) is 0 Å². The van der Waals surface area contributed by atoms with E-state index in [9.17, 15) is 9.59 Å². The first-order valence-electron chi connectivity index (χ1n) is 11.4. The number of methoxy groups -OCH3 is 1. The number of hydrogen-bond acceptors (Lipinski definition) is 3. The molecule has 31 heavy (non-hydrogen) atoms. The van der Waals surface area contributed by atoms with Gasteiger partial charge in [0.2, 0.25) is 11.8 Å². The quantitative estimate of drug-likeness (QED) is 0.736. The molecule has 1 atom stereocenters. The predicted molar refractivity (Wildman–Crippen MR) is 121 cm³/mol. The molecule has 2 aromatic rings. The fraction of sp³-hybridized carbons (Fsp3) is 0.462. The van der Waals surface area contributed by atoms with Crippen LogP contribution < -0.4 is 10.1 Å². The van der Waals surface area contributed by atoms with Crippen molar-refractivity contribution in [3.05, 3.63) is 65.7 Å². The van der Waals surface area contributed by atoms with Gasteiger partial charge in [-0.25, -0.2) is 0 Å². The van der Waals surface area contributed by atoms with Gasteiger partial charge in [-0.3, -0.25) is 9.59 Å². The van der Waals surface area contributed by atoms with Crippen LogP contribution >= 0.6 is 0 Å². The van der Waals surface area contributed by atoms with Gasteiger partial charge in [-0.1, -0.05) is 55.5 Å². The van der Waals surface area contributed by atoms with Gasteiger partial charge >= 0.3 is 0 Å². The fourth-order valence-corrected chi connectivity index (χ4v) is 4.81. The number of carbonyl (C=O) groups excluding carboxylic acids is 2. The summed E-state index contributed by atoms with van der Waals surface area (Å²) in [7, 11) is 1.65. The minimum absolute atomic E-state index is 0.0902. The molecule has 1 saturated carbocycles. The number of benzene rings is 2. The number of carbonyl (C=O) groups is 2. The average Bonchev–Trinajstić information content (AvgIpc) is 3.63. The van der Waals surface area contributed by atoms with Gasteiger partial charge in [-0.05, 0) is 43.7 Å². The lowest BCUT2D eigenvalue weighted by molar-refractivity contribution is -0.134. The zero-order valence-corrected chi connectivity index (χ0v) is 18.5. The Hall–Kier alpha value is -2.82. The van der Waals surface area contributed by atoms with E-state index >= 15 is 0 Å². The first-order valence-corrected chi connectivity index (χ1v) is 11.4. The van der Waals surface area contributed by atoms with Crippen LogP contribution in [0.4, 0.5) is 0 Å². The van der Waals surface area contributed by atoms with Crippen molar-refractivity contribution in [1.82, 2.24) is 10.2 Å². The number of piperidine rings is 1. The van der Waals surface area contributed by atoms with Gasteiger partial charge < -0.3 is 15.0 Å². The van der Waals surface area contributed by atoms with Crippen LogP contribution in [-0.4, -0.2) is 43.0 Å². The van der Waals surface area contributed by atoms with Gasteiger partial charge in [0.25, 0.3) is 0 Å². The molecule has 1 N–H and O–H groups in total. The van der Waals surface area contributed by atoms with Crippen molar-refractivity contribution in [3.8, 4) is 5.75 Å². The highest BCUT2D eigenvalue weighted by Gasteiger charge is 2.53. The number of likely N-dealkylation sites (tertiary alicyclic amines) is 1. The molecular formula is C26H32N2O3. The van der Waals surface area contributed by atoms with E-state index in [1.165, 1.54) is 0 Å². The fourth-order valence-electron chi connectivity index (χ4n) is 4.81. The summed E-state index contributed by atoms with van der Waals surface area (Å²) in [5.41, 5.74) is 1.61. The lowest BCUT2D eigenvalue weighted by Gasteiger charge is -2.35. The smallest absolute Gasteiger partial charge is 0.231 e. The lowest BCUT2D eigenvalue weighted by Crippen LogP contribution is -2.49. The Morgan fingerprint density at radius 2 is 1.71 bits per heavy atom. The molecule has 2 amide bonds. The van der Waals surface area contributed by atoms with Crippen LogP contribution in [0, 0.1) is 0 Å². The number of amides is 2. The Labute approximate surface area is 184 Å². The van der Waals surface area contributed by atoms with E-state index < -0.39 is 5.41 Å². The Morgan fingerprint density at radius 3 is 2.32 bits per heavy atom. The van der Waals surface area contributed by atoms with Crippen molar-refractivity contribution < 1.29 is 14.3 Å². The number of nitrogens with one attached hydrogen (secondary N) is 1. The summed E-state index contributed by atoms with van der Waals surface area (Å²) in [6, 6.07) is 18.0. The second-order valence-electron chi connectivity index (χ2n) is 8.73. The summed E-state index contributed by atoms with van der Waals surface area (Å²) < 4.78 is 5.50. The van der Waals surface area contributed by atoms with Gasteiger partial charge in [0.05, 0.1) is 18.4 Å². The topological polar surface area (TPSA) is 58.6 Å². The second-order valence-corrected chi connectivity index (χ2v) is 8.73. The number of para-hydroxylation sites is 1. The second kappa shape index (κ2) is 9.13. The third kappa shape index (κ3) is 4.32. The van der Waals surface area contributed by atoms with Gasteiger partial charge in [-0.2, -0.15) is 0 Å². The minimum Gasteiger partial charge on any atom is -0.496 e. The maximum absolute atomic E-state index is 13.2. The number of nitrogens with zero attached hydrogens (tertiary/aromatic N) is 1. The molecule has 0 radical (unpaired) electrons. The highest BCUT2D eigenvalue weighted by molar-refractivity contribution is 5.92. The summed E-state index contributed by atoms with van der Waals surface area (Å²) in [4.78, 5) is 28.2. The molecule has 0 aromatic heterocycles. The van der Waals surface area contributed by atoms with E-state index in [1.54, 1.807) is 7.11 Å². The average molecular weight is 421 g/mol. The van der Waals surface area contributed by atoms with Crippen LogP contribution in [0.3, 0.4) is 0 Å². The van der Waals surface area contributed by atoms with E-state index in [1.807, 2.05) is 59.5 Å². The Bertz CT molecular complexity index is 915. The summed E-state index contributed by atoms with van der Waals surface area (Å²) in [6.45, 7) is 3.44. The summed E-state index contributed by atoms with van der Waals surface area (Å²) in [5, 5.41) is 3.27.